The van der Waals surface area contributed by atoms with Crippen LogP contribution in [0.2, 0.25) is 0 Å². The highest BCUT2D eigenvalue weighted by atomic mass is 16.3. The minimum Gasteiger partial charge on any atom is -0.385 e. The number of aromatic nitrogens is 1. The second kappa shape index (κ2) is 3.29. The van der Waals surface area contributed by atoms with E-state index in [4.69, 9.17) is 0 Å². The van der Waals surface area contributed by atoms with Crippen molar-refractivity contribution in [2.24, 2.45) is 5.92 Å². The van der Waals surface area contributed by atoms with Crippen LogP contribution in [0.3, 0.4) is 0 Å². The third-order valence-corrected chi connectivity index (χ3v) is 3.56. The molecule has 0 radical (unpaired) electrons. The topological polar surface area (TPSA) is 33.1 Å². The zero-order chi connectivity index (χ0) is 11.2. The van der Waals surface area contributed by atoms with E-state index >= 15 is 0 Å². The van der Waals surface area contributed by atoms with Crippen LogP contribution in [-0.2, 0) is 5.60 Å². The molecule has 2 nitrogen and oxygen atoms in total. The van der Waals surface area contributed by atoms with Gasteiger partial charge in [0.25, 0.3) is 0 Å². The van der Waals surface area contributed by atoms with E-state index in [1.54, 1.807) is 6.20 Å². The second-order valence-corrected chi connectivity index (χ2v) is 4.83. The van der Waals surface area contributed by atoms with Gasteiger partial charge in [0.1, 0.15) is 0 Å². The Morgan fingerprint density at radius 1 is 1.31 bits per heavy atom. The summed E-state index contributed by atoms with van der Waals surface area (Å²) in [5, 5.41) is 11.6. The molecule has 1 unspecified atom stereocenters. The highest BCUT2D eigenvalue weighted by Gasteiger charge is 2.41. The summed E-state index contributed by atoms with van der Waals surface area (Å²) < 4.78 is 0. The summed E-state index contributed by atoms with van der Waals surface area (Å²) in [4.78, 5) is 4.32. The van der Waals surface area contributed by atoms with Gasteiger partial charge in [-0.3, -0.25) is 4.98 Å². The molecule has 0 spiro atoms. The first-order chi connectivity index (χ1) is 7.68. The molecule has 1 aliphatic rings. The van der Waals surface area contributed by atoms with Gasteiger partial charge in [0.05, 0.1) is 11.1 Å². The number of hydrogen-bond acceptors (Lipinski definition) is 2. The summed E-state index contributed by atoms with van der Waals surface area (Å²) in [6, 6.07) is 10.0. The van der Waals surface area contributed by atoms with E-state index in [1.165, 1.54) is 0 Å². The number of pyridine rings is 1. The van der Waals surface area contributed by atoms with E-state index in [9.17, 15) is 5.11 Å². The lowest BCUT2D eigenvalue weighted by Gasteiger charge is -2.23. The van der Waals surface area contributed by atoms with Crippen LogP contribution in [-0.4, -0.2) is 10.1 Å². The maximum Gasteiger partial charge on any atom is 0.0897 e. The lowest BCUT2D eigenvalue weighted by molar-refractivity contribution is 0.0332. The number of rotatable bonds is 2. The quantitative estimate of drug-likeness (QED) is 0.832. The number of nitrogens with zero attached hydrogens (tertiary/aromatic N) is 1. The molecular weight excluding hydrogens is 198 g/mol. The third-order valence-electron chi connectivity index (χ3n) is 3.56. The van der Waals surface area contributed by atoms with Crippen LogP contribution in [0.25, 0.3) is 10.9 Å². The van der Waals surface area contributed by atoms with Gasteiger partial charge in [0.2, 0.25) is 0 Å². The lowest BCUT2D eigenvalue weighted by atomic mass is 9.90. The molecule has 0 aliphatic heterocycles. The second-order valence-electron chi connectivity index (χ2n) is 4.83. The fraction of sp³-hybridized carbons (Fsp3) is 0.357. The Bertz CT molecular complexity index is 529. The van der Waals surface area contributed by atoms with Crippen LogP contribution in [0.4, 0.5) is 0 Å². The molecule has 1 saturated carbocycles. The Kier molecular flexibility index (Phi) is 2.01. The van der Waals surface area contributed by atoms with E-state index in [0.29, 0.717) is 5.92 Å². The number of benzene rings is 1. The summed E-state index contributed by atoms with van der Waals surface area (Å²) >= 11 is 0. The predicted molar refractivity (Wildman–Crippen MR) is 64.0 cm³/mol. The van der Waals surface area contributed by atoms with Gasteiger partial charge in [-0.05, 0) is 43.4 Å². The summed E-state index contributed by atoms with van der Waals surface area (Å²) in [6.07, 6.45) is 4.05. The number of aliphatic hydroxyl groups is 1. The molecule has 1 heterocycles. The van der Waals surface area contributed by atoms with Crippen molar-refractivity contribution >= 4 is 10.9 Å². The SMILES string of the molecule is CC(O)(c1ccc2cccnc2c1)C1CC1. The first kappa shape index (κ1) is 9.79. The van der Waals surface area contributed by atoms with Gasteiger partial charge >= 0.3 is 0 Å². The molecular formula is C14H15NO. The maximum absolute atomic E-state index is 10.5. The molecule has 82 valence electrons. The van der Waals surface area contributed by atoms with Gasteiger partial charge in [0, 0.05) is 11.6 Å². The smallest absolute Gasteiger partial charge is 0.0897 e. The number of fused-ring (bicyclic) bond motifs is 1. The van der Waals surface area contributed by atoms with Crippen LogP contribution in [0.5, 0.6) is 0 Å². The fourth-order valence-corrected chi connectivity index (χ4v) is 2.26. The Hall–Kier alpha value is -1.41. The van der Waals surface area contributed by atoms with Gasteiger partial charge in [-0.2, -0.15) is 0 Å². The molecule has 2 aromatic rings. The van der Waals surface area contributed by atoms with E-state index in [2.05, 4.69) is 4.98 Å². The molecule has 0 saturated heterocycles. The van der Waals surface area contributed by atoms with E-state index < -0.39 is 5.60 Å². The molecule has 0 amide bonds. The lowest BCUT2D eigenvalue weighted by Crippen LogP contribution is -2.23. The predicted octanol–water partition coefficient (Wildman–Crippen LogP) is 2.85. The summed E-state index contributed by atoms with van der Waals surface area (Å²) in [6.45, 7) is 1.91. The molecule has 1 aromatic carbocycles. The Morgan fingerprint density at radius 2 is 2.12 bits per heavy atom. The highest BCUT2D eigenvalue weighted by molar-refractivity contribution is 5.79. The van der Waals surface area contributed by atoms with Crippen LogP contribution < -0.4 is 0 Å². The molecule has 16 heavy (non-hydrogen) atoms. The van der Waals surface area contributed by atoms with Crippen molar-refractivity contribution in [1.82, 2.24) is 4.98 Å². The van der Waals surface area contributed by atoms with Crippen LogP contribution in [0.15, 0.2) is 36.5 Å². The fourth-order valence-electron chi connectivity index (χ4n) is 2.26. The Morgan fingerprint density at radius 3 is 2.88 bits per heavy atom. The molecule has 1 fully saturated rings. The Labute approximate surface area is 94.9 Å². The highest BCUT2D eigenvalue weighted by Crippen LogP contribution is 2.45. The van der Waals surface area contributed by atoms with Crippen molar-refractivity contribution in [2.75, 3.05) is 0 Å². The summed E-state index contributed by atoms with van der Waals surface area (Å²) in [5.74, 6) is 0.425. The monoisotopic (exact) mass is 213 g/mol. The molecule has 0 bridgehead atoms. The minimum atomic E-state index is -0.689. The zero-order valence-corrected chi connectivity index (χ0v) is 9.35. The van der Waals surface area contributed by atoms with Crippen molar-refractivity contribution in [2.45, 2.75) is 25.4 Å². The van der Waals surface area contributed by atoms with E-state index in [-0.39, 0.29) is 0 Å². The van der Waals surface area contributed by atoms with Crippen molar-refractivity contribution in [3.05, 3.63) is 42.1 Å². The molecule has 2 heteroatoms. The van der Waals surface area contributed by atoms with Gasteiger partial charge in [-0.25, -0.2) is 0 Å². The van der Waals surface area contributed by atoms with Gasteiger partial charge in [-0.1, -0.05) is 18.2 Å². The number of hydrogen-bond donors (Lipinski definition) is 1. The van der Waals surface area contributed by atoms with Crippen LogP contribution >= 0.6 is 0 Å². The van der Waals surface area contributed by atoms with E-state index in [0.717, 1.165) is 29.3 Å². The van der Waals surface area contributed by atoms with Crippen molar-refractivity contribution in [3.63, 3.8) is 0 Å². The average molecular weight is 213 g/mol. The third kappa shape index (κ3) is 1.50. The minimum absolute atomic E-state index is 0.425. The summed E-state index contributed by atoms with van der Waals surface area (Å²) in [7, 11) is 0. The largest absolute Gasteiger partial charge is 0.385 e. The van der Waals surface area contributed by atoms with Crippen LogP contribution in [0, 0.1) is 5.92 Å². The maximum atomic E-state index is 10.5. The van der Waals surface area contributed by atoms with E-state index in [1.807, 2.05) is 37.3 Å². The average Bonchev–Trinajstić information content (AvgIpc) is 3.12. The molecule has 1 aliphatic carbocycles. The Balaban J connectivity index is 2.11. The molecule has 1 aromatic heterocycles. The first-order valence-corrected chi connectivity index (χ1v) is 5.75. The van der Waals surface area contributed by atoms with Crippen molar-refractivity contribution in [1.29, 1.82) is 0 Å². The van der Waals surface area contributed by atoms with Crippen molar-refractivity contribution in [3.8, 4) is 0 Å². The molecule has 1 atom stereocenters. The normalized spacial score (nSPS) is 19.6. The zero-order valence-electron chi connectivity index (χ0n) is 9.35. The molecule has 3 rings (SSSR count). The standard InChI is InChI=1S/C14H15NO/c1-14(16,11-6-7-11)12-5-4-10-3-2-8-15-13(10)9-12/h2-5,8-9,11,16H,6-7H2,1H3. The van der Waals surface area contributed by atoms with Crippen LogP contribution in [0.1, 0.15) is 25.3 Å². The molecule has 1 N–H and O–H groups in total. The summed E-state index contributed by atoms with van der Waals surface area (Å²) in [5.41, 5.74) is 1.26. The first-order valence-electron chi connectivity index (χ1n) is 5.75. The van der Waals surface area contributed by atoms with Gasteiger partial charge in [0.15, 0.2) is 0 Å². The van der Waals surface area contributed by atoms with Crippen molar-refractivity contribution < 1.29 is 5.11 Å². The van der Waals surface area contributed by atoms with Gasteiger partial charge in [-0.15, -0.1) is 0 Å². The van der Waals surface area contributed by atoms with Gasteiger partial charge < -0.3 is 5.11 Å².